The van der Waals surface area contributed by atoms with Gasteiger partial charge >= 0.3 is 12.4 Å². The molecule has 0 saturated carbocycles. The van der Waals surface area contributed by atoms with E-state index in [-0.39, 0.29) is 28.5 Å². The zero-order valence-corrected chi connectivity index (χ0v) is 26.0. The summed E-state index contributed by atoms with van der Waals surface area (Å²) in [4.78, 5) is 39.2. The molecule has 1 aromatic heterocycles. The first kappa shape index (κ1) is 32.9. The molecular weight excluding hydrogens is 635 g/mol. The van der Waals surface area contributed by atoms with Crippen LogP contribution in [0.1, 0.15) is 36.8 Å². The Bertz CT molecular complexity index is 1880. The smallest absolute Gasteiger partial charge is 0.497 e. The lowest BCUT2D eigenvalue weighted by Gasteiger charge is -2.22. The number of carbonyl (C=O) groups excluding carboxylic acids is 2. The summed E-state index contributed by atoms with van der Waals surface area (Å²) in [6.07, 6.45) is -2.18. The maximum Gasteiger partial charge on any atom is 0.573 e. The number of alkyl halides is 3. The van der Waals surface area contributed by atoms with Gasteiger partial charge in [-0.1, -0.05) is 55.9 Å². The Labute approximate surface area is 271 Å². The lowest BCUT2D eigenvalue weighted by Crippen LogP contribution is -2.30. The molecule has 0 bridgehead atoms. The summed E-state index contributed by atoms with van der Waals surface area (Å²) in [5, 5.41) is 14.3. The molecule has 0 spiro atoms. The summed E-state index contributed by atoms with van der Waals surface area (Å²) in [6, 6.07) is 18.5. The van der Waals surface area contributed by atoms with E-state index in [0.717, 1.165) is 17.3 Å². The summed E-state index contributed by atoms with van der Waals surface area (Å²) < 4.78 is 47.9. The second-order valence-corrected chi connectivity index (χ2v) is 11.3. The van der Waals surface area contributed by atoms with Gasteiger partial charge in [-0.3, -0.25) is 9.69 Å². The number of amides is 3. The van der Waals surface area contributed by atoms with Crippen molar-refractivity contribution in [2.75, 3.05) is 17.8 Å². The van der Waals surface area contributed by atoms with Crippen molar-refractivity contribution in [1.82, 2.24) is 14.8 Å². The molecule has 1 fully saturated rings. The van der Waals surface area contributed by atoms with E-state index in [9.17, 15) is 28.0 Å². The molecule has 47 heavy (non-hydrogen) atoms. The molecule has 1 atom stereocenters. The first-order chi connectivity index (χ1) is 22.5. The van der Waals surface area contributed by atoms with E-state index in [1.54, 1.807) is 36.4 Å². The third kappa shape index (κ3) is 7.85. The van der Waals surface area contributed by atoms with Crippen molar-refractivity contribution in [3.63, 3.8) is 0 Å². The second-order valence-electron chi connectivity index (χ2n) is 10.3. The van der Waals surface area contributed by atoms with Gasteiger partial charge in [-0.15, -0.1) is 18.3 Å². The number of urea groups is 1. The van der Waals surface area contributed by atoms with Crippen molar-refractivity contribution in [3.8, 4) is 34.6 Å². The Morgan fingerprint density at radius 3 is 2.43 bits per heavy atom. The van der Waals surface area contributed by atoms with Gasteiger partial charge < -0.3 is 9.47 Å². The van der Waals surface area contributed by atoms with E-state index in [2.05, 4.69) is 30.9 Å². The summed E-state index contributed by atoms with van der Waals surface area (Å²) in [5.74, 6) is -0.387. The number of hydrogen-bond acceptors (Lipinski definition) is 8. The largest absolute Gasteiger partial charge is 0.573 e. The van der Waals surface area contributed by atoms with Crippen LogP contribution in [0.5, 0.6) is 11.5 Å². The molecule has 0 aliphatic carbocycles. The highest BCUT2D eigenvalue weighted by atomic mass is 32.2. The highest BCUT2D eigenvalue weighted by molar-refractivity contribution is 8.15. The van der Waals surface area contributed by atoms with Crippen molar-refractivity contribution >= 4 is 40.8 Å². The number of benzene rings is 3. The number of aliphatic imine (C=N–C) groups is 2. The minimum Gasteiger partial charge on any atom is -0.497 e. The van der Waals surface area contributed by atoms with Crippen molar-refractivity contribution < 1.29 is 32.2 Å². The predicted molar refractivity (Wildman–Crippen MR) is 170 cm³/mol. The van der Waals surface area contributed by atoms with Gasteiger partial charge in [0.05, 0.1) is 30.3 Å². The zero-order valence-electron chi connectivity index (χ0n) is 25.2. The van der Waals surface area contributed by atoms with Crippen LogP contribution in [0.3, 0.4) is 0 Å². The number of thioether (sulfide) groups is 1. The molecule has 1 aliphatic heterocycles. The van der Waals surface area contributed by atoms with Crippen LogP contribution in [0.15, 0.2) is 83.0 Å². The first-order valence-corrected chi connectivity index (χ1v) is 15.0. The van der Waals surface area contributed by atoms with Gasteiger partial charge in [0, 0.05) is 17.8 Å². The van der Waals surface area contributed by atoms with Crippen molar-refractivity contribution in [2.45, 2.75) is 32.0 Å². The fourth-order valence-corrected chi connectivity index (χ4v) is 5.47. The van der Waals surface area contributed by atoms with Crippen LogP contribution >= 0.6 is 11.8 Å². The lowest BCUT2D eigenvalue weighted by atomic mass is 10.00. The normalized spacial score (nSPS) is 15.0. The molecule has 11 nitrogen and oxygen atoms in total. The molecule has 1 aliphatic rings. The average molecular weight is 662 g/mol. The zero-order chi connectivity index (χ0) is 33.7. The number of amidine groups is 1. The third-order valence-electron chi connectivity index (χ3n) is 6.89. The summed E-state index contributed by atoms with van der Waals surface area (Å²) in [6.45, 7) is 3.98. The van der Waals surface area contributed by atoms with E-state index >= 15 is 0 Å². The number of rotatable bonds is 8. The number of aromatic nitrogens is 3. The summed E-state index contributed by atoms with van der Waals surface area (Å²) in [7, 11) is 1.53. The maximum absolute atomic E-state index is 12.8. The lowest BCUT2D eigenvalue weighted by molar-refractivity contribution is -0.274. The number of ether oxygens (including phenoxy) is 2. The van der Waals surface area contributed by atoms with Crippen LogP contribution in [-0.4, -0.2) is 57.3 Å². The Hall–Kier alpha value is -5.49. The van der Waals surface area contributed by atoms with Gasteiger partial charge in [-0.25, -0.2) is 19.5 Å². The molecule has 5 rings (SSSR count). The molecule has 0 N–H and O–H groups in total. The fourth-order valence-electron chi connectivity index (χ4n) is 4.62. The summed E-state index contributed by atoms with van der Waals surface area (Å²) in [5.41, 5.74) is 3.09. The Balaban J connectivity index is 1.28. The fraction of sp³-hybridized carbons (Fsp3) is 0.219. The van der Waals surface area contributed by atoms with Crippen LogP contribution in [0.25, 0.3) is 17.1 Å². The predicted octanol–water partition coefficient (Wildman–Crippen LogP) is 6.90. The third-order valence-corrected chi connectivity index (χ3v) is 7.81. The second kappa shape index (κ2) is 13.9. The van der Waals surface area contributed by atoms with E-state index in [4.69, 9.17) is 4.74 Å². The Morgan fingerprint density at radius 1 is 1.09 bits per heavy atom. The molecule has 1 unspecified atom stereocenters. The number of hydrogen-bond donors (Lipinski definition) is 0. The van der Waals surface area contributed by atoms with Gasteiger partial charge in [0.25, 0.3) is 0 Å². The van der Waals surface area contributed by atoms with Gasteiger partial charge in [-0.05, 0) is 47.4 Å². The number of carbonyl (C=O) groups is 2. The molecule has 15 heteroatoms. The molecule has 4 aromatic rings. The van der Waals surface area contributed by atoms with Gasteiger partial charge in [-0.2, -0.15) is 10.3 Å². The molecule has 240 valence electrons. The number of methoxy groups -OCH3 is 1. The number of nitrogens with zero attached hydrogens (tertiary/aromatic N) is 7. The van der Waals surface area contributed by atoms with Crippen LogP contribution in [0.2, 0.25) is 0 Å². The van der Waals surface area contributed by atoms with Crippen molar-refractivity contribution in [1.29, 1.82) is 5.26 Å². The van der Waals surface area contributed by atoms with Gasteiger partial charge in [0.2, 0.25) is 5.91 Å². The van der Waals surface area contributed by atoms with Crippen LogP contribution in [0.4, 0.5) is 23.7 Å². The minimum absolute atomic E-state index is 0.0843. The van der Waals surface area contributed by atoms with Gasteiger partial charge in [0.15, 0.2) is 11.0 Å². The molecule has 3 aromatic carbocycles. The number of nitriles is 1. The summed E-state index contributed by atoms with van der Waals surface area (Å²) >= 11 is 1.12. The molecular formula is C32H26F3N7O4S. The molecule has 1 saturated heterocycles. The van der Waals surface area contributed by atoms with Crippen molar-refractivity contribution in [3.05, 3.63) is 84.2 Å². The monoisotopic (exact) mass is 661 g/mol. The van der Waals surface area contributed by atoms with E-state index in [1.165, 1.54) is 53.5 Å². The molecule has 2 heterocycles. The standard InChI is InChI=1S/C32H26F3N7O4S/c1-19(2)26-13-12-25(45-3)14-27(26)42-28(43)17-47-31(42)39-30(44)37-16-22(15-36)20-4-6-21(7-5-20)29-38-18-41(40-29)23-8-10-24(11-9-23)46-32(33,34)35/h4-14,16,18-19,22H,17H2,1-3H3. The minimum atomic E-state index is -4.79. The quantitative estimate of drug-likeness (QED) is 0.186. The average Bonchev–Trinajstić information content (AvgIpc) is 3.68. The van der Waals surface area contributed by atoms with Crippen LogP contribution in [0, 0.1) is 11.3 Å². The first-order valence-electron chi connectivity index (χ1n) is 14.0. The Morgan fingerprint density at radius 2 is 1.79 bits per heavy atom. The highest BCUT2D eigenvalue weighted by Gasteiger charge is 2.33. The van der Waals surface area contributed by atoms with E-state index < -0.39 is 18.3 Å². The van der Waals surface area contributed by atoms with E-state index in [1.807, 2.05) is 19.9 Å². The maximum atomic E-state index is 12.8. The number of halogens is 3. The van der Waals surface area contributed by atoms with Crippen molar-refractivity contribution in [2.24, 2.45) is 9.98 Å². The highest BCUT2D eigenvalue weighted by Crippen LogP contribution is 2.36. The Kier molecular flexibility index (Phi) is 9.71. The molecule has 0 radical (unpaired) electrons. The molecule has 3 amide bonds. The van der Waals surface area contributed by atoms with Crippen LogP contribution < -0.4 is 14.4 Å². The topological polar surface area (TPSA) is 135 Å². The van der Waals surface area contributed by atoms with E-state index in [0.29, 0.717) is 34.1 Å². The van der Waals surface area contributed by atoms with Gasteiger partial charge in [0.1, 0.15) is 23.7 Å². The number of anilines is 1. The SMILES string of the molecule is COc1ccc(C(C)C)c(N2C(=O)CSC2=NC(=O)N=CC(C#N)c2ccc(-c3ncn(-c4ccc(OC(F)(F)F)cc4)n3)cc2)c1. The van der Waals surface area contributed by atoms with Crippen LogP contribution in [-0.2, 0) is 4.79 Å².